The van der Waals surface area contributed by atoms with E-state index in [1.807, 2.05) is 21.7 Å². The molecule has 7 heteroatoms. The second-order valence-corrected chi connectivity index (χ2v) is 6.88. The number of hydrogen-bond donors (Lipinski definition) is 1. The van der Waals surface area contributed by atoms with E-state index < -0.39 is 0 Å². The fourth-order valence-electron chi connectivity index (χ4n) is 2.64. The van der Waals surface area contributed by atoms with Crippen LogP contribution in [-0.4, -0.2) is 40.6 Å². The maximum atomic E-state index is 12.3. The zero-order valence-electron chi connectivity index (χ0n) is 12.6. The van der Waals surface area contributed by atoms with E-state index in [2.05, 4.69) is 17.1 Å². The van der Waals surface area contributed by atoms with Gasteiger partial charge in [0.15, 0.2) is 0 Å². The van der Waals surface area contributed by atoms with Crippen LogP contribution in [0.25, 0.3) is 11.4 Å². The number of carbonyl (C=O) groups excluding carboxylic acids is 1. The quantitative estimate of drug-likeness (QED) is 0.910. The summed E-state index contributed by atoms with van der Waals surface area (Å²) < 4.78 is 5.22. The van der Waals surface area contributed by atoms with Crippen LogP contribution < -0.4 is 5.73 Å². The van der Waals surface area contributed by atoms with Crippen LogP contribution in [0.2, 0.25) is 0 Å². The molecule has 1 amide bonds. The van der Waals surface area contributed by atoms with Crippen LogP contribution in [0.4, 0.5) is 0 Å². The van der Waals surface area contributed by atoms with Gasteiger partial charge in [0.1, 0.15) is 0 Å². The van der Waals surface area contributed by atoms with Gasteiger partial charge in [-0.25, -0.2) is 0 Å². The number of likely N-dealkylation sites (tertiary alicyclic amines) is 1. The lowest BCUT2D eigenvalue weighted by atomic mass is 9.90. The largest absolute Gasteiger partial charge is 0.342 e. The Kier molecular flexibility index (Phi) is 4.26. The van der Waals surface area contributed by atoms with Crippen molar-refractivity contribution in [1.29, 1.82) is 0 Å². The van der Waals surface area contributed by atoms with Gasteiger partial charge in [0.2, 0.25) is 17.6 Å². The summed E-state index contributed by atoms with van der Waals surface area (Å²) in [4.78, 5) is 18.5. The van der Waals surface area contributed by atoms with Crippen LogP contribution in [0.15, 0.2) is 21.3 Å². The zero-order chi connectivity index (χ0) is 15.6. The van der Waals surface area contributed by atoms with Crippen molar-refractivity contribution in [3.8, 4) is 11.4 Å². The summed E-state index contributed by atoms with van der Waals surface area (Å²) in [6.45, 7) is 4.28. The standard InChI is InChI=1S/C15H20N4O2S/c1-15(9-16)5-6-19(10-15)13(20)3-2-12-17-14(18-21-12)11-4-7-22-8-11/h4,7-8H,2-3,5-6,9-10,16H2,1H3. The number of nitrogens with zero attached hydrogens (tertiary/aromatic N) is 3. The Balaban J connectivity index is 1.54. The minimum absolute atomic E-state index is 0.0618. The molecule has 3 heterocycles. The van der Waals surface area contributed by atoms with Gasteiger partial charge >= 0.3 is 0 Å². The Morgan fingerprint density at radius 2 is 2.45 bits per heavy atom. The van der Waals surface area contributed by atoms with E-state index in [0.717, 1.165) is 25.1 Å². The van der Waals surface area contributed by atoms with Gasteiger partial charge in [-0.05, 0) is 29.8 Å². The van der Waals surface area contributed by atoms with Crippen molar-refractivity contribution in [2.45, 2.75) is 26.2 Å². The van der Waals surface area contributed by atoms with Gasteiger partial charge in [-0.15, -0.1) is 0 Å². The van der Waals surface area contributed by atoms with E-state index in [4.69, 9.17) is 10.3 Å². The van der Waals surface area contributed by atoms with Gasteiger partial charge in [-0.1, -0.05) is 12.1 Å². The first-order chi connectivity index (χ1) is 10.6. The Morgan fingerprint density at radius 3 is 3.14 bits per heavy atom. The molecule has 0 aromatic carbocycles. The monoisotopic (exact) mass is 320 g/mol. The van der Waals surface area contributed by atoms with Crippen molar-refractivity contribution in [1.82, 2.24) is 15.0 Å². The van der Waals surface area contributed by atoms with Gasteiger partial charge in [0, 0.05) is 36.9 Å². The van der Waals surface area contributed by atoms with Gasteiger partial charge < -0.3 is 15.2 Å². The third-order valence-corrected chi connectivity index (χ3v) is 4.89. The molecule has 6 nitrogen and oxygen atoms in total. The molecular weight excluding hydrogens is 300 g/mol. The minimum atomic E-state index is 0.0618. The molecule has 0 radical (unpaired) electrons. The molecule has 1 saturated heterocycles. The first-order valence-corrected chi connectivity index (χ1v) is 8.37. The normalized spacial score (nSPS) is 21.5. The summed E-state index contributed by atoms with van der Waals surface area (Å²) in [7, 11) is 0. The highest BCUT2D eigenvalue weighted by atomic mass is 32.1. The van der Waals surface area contributed by atoms with Gasteiger partial charge in [-0.2, -0.15) is 16.3 Å². The lowest BCUT2D eigenvalue weighted by Crippen LogP contribution is -2.34. The first kappa shape index (κ1) is 15.2. The summed E-state index contributed by atoms with van der Waals surface area (Å²) in [5.41, 5.74) is 6.78. The number of nitrogens with two attached hydrogens (primary N) is 1. The number of aromatic nitrogens is 2. The molecule has 118 valence electrons. The third kappa shape index (κ3) is 3.20. The van der Waals surface area contributed by atoms with E-state index in [1.54, 1.807) is 11.3 Å². The second kappa shape index (κ2) is 6.18. The third-order valence-electron chi connectivity index (χ3n) is 4.20. The van der Waals surface area contributed by atoms with Crippen molar-refractivity contribution < 1.29 is 9.32 Å². The maximum Gasteiger partial charge on any atom is 0.227 e. The highest BCUT2D eigenvalue weighted by Gasteiger charge is 2.34. The molecule has 1 aliphatic rings. The number of aryl methyl sites for hydroxylation is 1. The smallest absolute Gasteiger partial charge is 0.227 e. The number of hydrogen-bond acceptors (Lipinski definition) is 6. The molecule has 1 aliphatic heterocycles. The molecule has 0 bridgehead atoms. The molecular formula is C15H20N4O2S. The highest BCUT2D eigenvalue weighted by Crippen LogP contribution is 2.29. The van der Waals surface area contributed by atoms with Crippen molar-refractivity contribution in [2.24, 2.45) is 11.1 Å². The summed E-state index contributed by atoms with van der Waals surface area (Å²) >= 11 is 1.59. The molecule has 22 heavy (non-hydrogen) atoms. The average Bonchev–Trinajstić information content (AvgIpc) is 3.25. The first-order valence-electron chi connectivity index (χ1n) is 7.43. The zero-order valence-corrected chi connectivity index (χ0v) is 13.4. The van der Waals surface area contributed by atoms with Crippen molar-refractivity contribution in [3.05, 3.63) is 22.7 Å². The number of rotatable bonds is 5. The molecule has 2 aromatic rings. The highest BCUT2D eigenvalue weighted by molar-refractivity contribution is 7.08. The topological polar surface area (TPSA) is 85.2 Å². The Morgan fingerprint density at radius 1 is 1.59 bits per heavy atom. The molecule has 0 spiro atoms. The molecule has 1 unspecified atom stereocenters. The summed E-state index contributed by atoms with van der Waals surface area (Å²) in [5, 5.41) is 7.89. The van der Waals surface area contributed by atoms with Gasteiger partial charge in [-0.3, -0.25) is 4.79 Å². The summed E-state index contributed by atoms with van der Waals surface area (Å²) in [6, 6.07) is 1.95. The predicted octanol–water partition coefficient (Wildman–Crippen LogP) is 1.93. The summed E-state index contributed by atoms with van der Waals surface area (Å²) in [5.74, 6) is 1.23. The van der Waals surface area contributed by atoms with E-state index in [1.165, 1.54) is 0 Å². The molecule has 2 N–H and O–H groups in total. The Labute approximate surface area is 133 Å². The van der Waals surface area contributed by atoms with Crippen LogP contribution >= 0.6 is 11.3 Å². The van der Waals surface area contributed by atoms with Gasteiger partial charge in [0.25, 0.3) is 0 Å². The molecule has 3 rings (SSSR count). The Hall–Kier alpha value is -1.73. The molecule has 0 saturated carbocycles. The van der Waals surface area contributed by atoms with E-state index in [9.17, 15) is 4.79 Å². The van der Waals surface area contributed by atoms with Crippen LogP contribution in [-0.2, 0) is 11.2 Å². The lowest BCUT2D eigenvalue weighted by molar-refractivity contribution is -0.130. The van der Waals surface area contributed by atoms with Crippen LogP contribution in [0, 0.1) is 5.41 Å². The molecule has 1 fully saturated rings. The fraction of sp³-hybridized carbons (Fsp3) is 0.533. The second-order valence-electron chi connectivity index (χ2n) is 6.10. The van der Waals surface area contributed by atoms with Gasteiger partial charge in [0.05, 0.1) is 0 Å². The van der Waals surface area contributed by atoms with Crippen molar-refractivity contribution in [3.63, 3.8) is 0 Å². The number of thiophene rings is 1. The van der Waals surface area contributed by atoms with E-state index >= 15 is 0 Å². The van der Waals surface area contributed by atoms with E-state index in [-0.39, 0.29) is 11.3 Å². The Bertz CT molecular complexity index is 640. The number of carbonyl (C=O) groups is 1. The van der Waals surface area contributed by atoms with Crippen molar-refractivity contribution in [2.75, 3.05) is 19.6 Å². The summed E-state index contributed by atoms with van der Waals surface area (Å²) in [6.07, 6.45) is 1.84. The minimum Gasteiger partial charge on any atom is -0.342 e. The van der Waals surface area contributed by atoms with Crippen LogP contribution in [0.1, 0.15) is 25.7 Å². The number of amides is 1. The van der Waals surface area contributed by atoms with Crippen LogP contribution in [0.5, 0.6) is 0 Å². The molecule has 0 aliphatic carbocycles. The fourth-order valence-corrected chi connectivity index (χ4v) is 3.27. The van der Waals surface area contributed by atoms with Crippen molar-refractivity contribution >= 4 is 17.2 Å². The maximum absolute atomic E-state index is 12.3. The SMILES string of the molecule is CC1(CN)CCN(C(=O)CCc2nc(-c3ccsc3)no2)C1. The molecule has 2 aromatic heterocycles. The predicted molar refractivity (Wildman–Crippen MR) is 84.3 cm³/mol. The molecule has 1 atom stereocenters. The van der Waals surface area contributed by atoms with E-state index in [0.29, 0.717) is 31.1 Å². The van der Waals surface area contributed by atoms with Crippen LogP contribution in [0.3, 0.4) is 0 Å². The average molecular weight is 320 g/mol. The lowest BCUT2D eigenvalue weighted by Gasteiger charge is -2.22.